The number of unbranched alkanes of at least 4 members (excludes halogenated alkanes) is 4. The fraction of sp³-hybridized carbons (Fsp3) is 1.00. The molecule has 0 saturated heterocycles. The van der Waals surface area contributed by atoms with Gasteiger partial charge in [0, 0.05) is 0 Å². The molecule has 0 radical (unpaired) electrons. The number of aliphatic hydroxyl groups is 3. The van der Waals surface area contributed by atoms with Crippen molar-refractivity contribution in [3.8, 4) is 0 Å². The van der Waals surface area contributed by atoms with Crippen molar-refractivity contribution < 1.29 is 35.2 Å². The molecule has 2 atom stereocenters. The lowest BCUT2D eigenvalue weighted by molar-refractivity contribution is -0.502. The minimum Gasteiger partial charge on any atom is -0.394 e. The van der Waals surface area contributed by atoms with E-state index in [0.29, 0.717) is 13.0 Å². The van der Waals surface area contributed by atoms with Crippen molar-refractivity contribution in [1.29, 1.82) is 0 Å². The van der Waals surface area contributed by atoms with Crippen molar-refractivity contribution in [2.45, 2.75) is 51.1 Å². The fourth-order valence-corrected chi connectivity index (χ4v) is 1.29. The smallest absolute Gasteiger partial charge is 0.326 e. The van der Waals surface area contributed by atoms with Crippen molar-refractivity contribution in [2.24, 2.45) is 0 Å². The first-order chi connectivity index (χ1) is 8.20. The van der Waals surface area contributed by atoms with Gasteiger partial charge in [-0.3, -0.25) is 0 Å². The van der Waals surface area contributed by atoms with Crippen molar-refractivity contribution in [1.82, 2.24) is 0 Å². The van der Waals surface area contributed by atoms with Gasteiger partial charge in [-0.25, -0.2) is 10.1 Å². The van der Waals surface area contributed by atoms with Crippen LogP contribution in [0.1, 0.15) is 38.5 Å². The molecule has 0 rings (SSSR count). The molecule has 0 amide bonds. The highest BCUT2D eigenvalue weighted by Gasteiger charge is 2.03. The lowest BCUT2D eigenvalue weighted by atomic mass is 10.1. The van der Waals surface area contributed by atoms with E-state index in [1.54, 1.807) is 0 Å². The van der Waals surface area contributed by atoms with E-state index < -0.39 is 12.6 Å². The van der Waals surface area contributed by atoms with E-state index in [9.17, 15) is 0 Å². The summed E-state index contributed by atoms with van der Waals surface area (Å²) >= 11 is 0. The summed E-state index contributed by atoms with van der Waals surface area (Å²) in [6.45, 7) is -1.64. The maximum atomic E-state index is 9.06. The zero-order valence-electron chi connectivity index (χ0n) is 9.83. The van der Waals surface area contributed by atoms with Crippen LogP contribution in [0.3, 0.4) is 0 Å². The first kappa shape index (κ1) is 16.7. The fourth-order valence-electron chi connectivity index (χ4n) is 1.29. The van der Waals surface area contributed by atoms with Crippen LogP contribution >= 0.6 is 0 Å². The zero-order valence-corrected chi connectivity index (χ0v) is 9.83. The third kappa shape index (κ3) is 12.0. The molecule has 7 nitrogen and oxygen atoms in total. The molecule has 104 valence electrons. The molecular weight excluding hydrogens is 232 g/mol. The molecule has 7 heteroatoms. The Morgan fingerprint density at radius 3 is 2.24 bits per heavy atom. The quantitative estimate of drug-likeness (QED) is 0.173. The first-order valence-electron chi connectivity index (χ1n) is 5.76. The second-order valence-electron chi connectivity index (χ2n) is 3.72. The van der Waals surface area contributed by atoms with Crippen LogP contribution in [0, 0.1) is 0 Å². The van der Waals surface area contributed by atoms with Gasteiger partial charge in [0.1, 0.15) is 0 Å². The SMILES string of the molecule is OCC(O)CCCCCCCOOC(O)OO. The third-order valence-corrected chi connectivity index (χ3v) is 2.22. The molecule has 0 aromatic rings. The molecule has 0 aromatic heterocycles. The highest BCUT2D eigenvalue weighted by Crippen LogP contribution is 2.07. The van der Waals surface area contributed by atoms with Gasteiger partial charge in [0.25, 0.3) is 0 Å². The molecule has 0 aliphatic carbocycles. The van der Waals surface area contributed by atoms with Gasteiger partial charge in [-0.2, -0.15) is 9.78 Å². The largest absolute Gasteiger partial charge is 0.394 e. The summed E-state index contributed by atoms with van der Waals surface area (Å²) in [5, 5.41) is 34.1. The van der Waals surface area contributed by atoms with Crippen LogP contribution in [0.2, 0.25) is 0 Å². The average Bonchev–Trinajstić information content (AvgIpc) is 2.35. The zero-order chi connectivity index (χ0) is 12.9. The number of hydrogen-bond donors (Lipinski definition) is 4. The molecule has 0 aromatic carbocycles. The molecule has 4 N–H and O–H groups in total. The van der Waals surface area contributed by atoms with Crippen LogP contribution in [-0.2, 0) is 14.7 Å². The van der Waals surface area contributed by atoms with E-state index in [2.05, 4.69) is 14.7 Å². The Morgan fingerprint density at radius 2 is 1.59 bits per heavy atom. The van der Waals surface area contributed by atoms with Crippen LogP contribution < -0.4 is 0 Å². The van der Waals surface area contributed by atoms with Crippen LogP contribution in [0.25, 0.3) is 0 Å². The second kappa shape index (κ2) is 12.2. The van der Waals surface area contributed by atoms with E-state index >= 15 is 0 Å². The van der Waals surface area contributed by atoms with Gasteiger partial charge in [0.2, 0.25) is 0 Å². The van der Waals surface area contributed by atoms with Gasteiger partial charge in [-0.05, 0) is 12.8 Å². The molecule has 0 bridgehead atoms. The monoisotopic (exact) mass is 254 g/mol. The van der Waals surface area contributed by atoms with Crippen molar-refractivity contribution in [2.75, 3.05) is 13.2 Å². The highest BCUT2D eigenvalue weighted by molar-refractivity contribution is 4.53. The predicted octanol–water partition coefficient (Wildman–Crippen LogP) is 0.394. The molecule has 0 aliphatic rings. The standard InChI is InChI=1S/C10H22O7/c11-8-9(12)6-4-2-1-3-5-7-15-17-10(13)16-14/h9-14H,1-8H2. The Hall–Kier alpha value is -0.280. The third-order valence-electron chi connectivity index (χ3n) is 2.22. The Morgan fingerprint density at radius 1 is 0.941 bits per heavy atom. The second-order valence-corrected chi connectivity index (χ2v) is 3.72. The van der Waals surface area contributed by atoms with Crippen LogP contribution in [0.5, 0.6) is 0 Å². The number of rotatable bonds is 12. The van der Waals surface area contributed by atoms with Gasteiger partial charge < -0.3 is 15.3 Å². The molecule has 0 spiro atoms. The van der Waals surface area contributed by atoms with Gasteiger partial charge in [-0.1, -0.05) is 25.7 Å². The summed E-state index contributed by atoms with van der Waals surface area (Å²) in [5.74, 6) is 0. The van der Waals surface area contributed by atoms with E-state index in [1.165, 1.54) is 0 Å². The Bertz CT molecular complexity index is 140. The van der Waals surface area contributed by atoms with E-state index in [1.807, 2.05) is 0 Å². The van der Waals surface area contributed by atoms with Gasteiger partial charge in [0.05, 0.1) is 19.3 Å². The van der Waals surface area contributed by atoms with Crippen LogP contribution in [0.15, 0.2) is 0 Å². The Kier molecular flexibility index (Phi) is 12.0. The van der Waals surface area contributed by atoms with Gasteiger partial charge >= 0.3 is 6.48 Å². The average molecular weight is 254 g/mol. The van der Waals surface area contributed by atoms with E-state index in [-0.39, 0.29) is 6.61 Å². The molecule has 0 saturated carbocycles. The summed E-state index contributed by atoms with van der Waals surface area (Å²) in [6.07, 6.45) is 4.59. The molecule has 0 heterocycles. The highest BCUT2D eigenvalue weighted by atomic mass is 17.3. The Balaban J connectivity index is 3.04. The van der Waals surface area contributed by atoms with Crippen molar-refractivity contribution in [3.05, 3.63) is 0 Å². The maximum Gasteiger partial charge on any atom is 0.326 e. The van der Waals surface area contributed by atoms with Crippen LogP contribution in [-0.4, -0.2) is 46.4 Å². The summed E-state index contributed by atoms with van der Waals surface area (Å²) in [7, 11) is 0. The summed E-state index contributed by atoms with van der Waals surface area (Å²) < 4.78 is 0. The summed E-state index contributed by atoms with van der Waals surface area (Å²) in [5.41, 5.74) is 0. The minimum absolute atomic E-state index is 0.180. The number of aliphatic hydroxyl groups excluding tert-OH is 3. The molecule has 17 heavy (non-hydrogen) atoms. The summed E-state index contributed by atoms with van der Waals surface area (Å²) in [6, 6.07) is 0. The molecule has 0 fully saturated rings. The first-order valence-corrected chi connectivity index (χ1v) is 5.76. The van der Waals surface area contributed by atoms with E-state index in [0.717, 1.165) is 32.1 Å². The van der Waals surface area contributed by atoms with Gasteiger partial charge in [-0.15, -0.1) is 0 Å². The predicted molar refractivity (Wildman–Crippen MR) is 57.6 cm³/mol. The molecule has 0 aliphatic heterocycles. The van der Waals surface area contributed by atoms with Gasteiger partial charge in [0.15, 0.2) is 0 Å². The normalized spacial score (nSPS) is 14.8. The Labute approximate surface area is 100 Å². The van der Waals surface area contributed by atoms with Crippen LogP contribution in [0.4, 0.5) is 0 Å². The topological polar surface area (TPSA) is 109 Å². The lowest BCUT2D eigenvalue weighted by Crippen LogP contribution is -2.14. The van der Waals surface area contributed by atoms with Crippen molar-refractivity contribution >= 4 is 0 Å². The molecular formula is C10H22O7. The minimum atomic E-state index is -1.77. The summed E-state index contributed by atoms with van der Waals surface area (Å²) in [4.78, 5) is 12.1. The lowest BCUT2D eigenvalue weighted by Gasteiger charge is -2.07. The maximum absolute atomic E-state index is 9.06. The van der Waals surface area contributed by atoms with Crippen molar-refractivity contribution in [3.63, 3.8) is 0 Å². The van der Waals surface area contributed by atoms with E-state index in [4.69, 9.17) is 20.6 Å². The molecule has 2 unspecified atom stereocenters. The number of hydrogen-bond acceptors (Lipinski definition) is 7.